The van der Waals surface area contributed by atoms with E-state index in [4.69, 9.17) is 19.8 Å². The zero-order valence-corrected chi connectivity index (χ0v) is 23.9. The second kappa shape index (κ2) is 10.7. The van der Waals surface area contributed by atoms with Crippen LogP contribution in [0.4, 0.5) is 36.1 Å². The van der Waals surface area contributed by atoms with E-state index in [2.05, 4.69) is 10.3 Å². The lowest BCUT2D eigenvalue weighted by Crippen LogP contribution is -2.46. The van der Waals surface area contributed by atoms with Crippen molar-refractivity contribution in [3.8, 4) is 5.82 Å². The van der Waals surface area contributed by atoms with Crippen molar-refractivity contribution in [1.29, 1.82) is 0 Å². The molecule has 0 aliphatic carbocycles. The van der Waals surface area contributed by atoms with Gasteiger partial charge in [-0.15, -0.1) is 0 Å². The number of nitrogens with zero attached hydrogens (tertiary/aromatic N) is 6. The van der Waals surface area contributed by atoms with E-state index in [0.717, 1.165) is 28.9 Å². The van der Waals surface area contributed by atoms with Crippen molar-refractivity contribution in [2.45, 2.75) is 19.1 Å². The number of benzene rings is 3. The summed E-state index contributed by atoms with van der Waals surface area (Å²) < 4.78 is 47.3. The van der Waals surface area contributed by atoms with Crippen molar-refractivity contribution >= 4 is 40.5 Å². The molecule has 0 spiro atoms. The van der Waals surface area contributed by atoms with Gasteiger partial charge in [-0.3, -0.25) is 0 Å². The number of aliphatic imine (C=N–C) groups is 2. The van der Waals surface area contributed by atoms with E-state index in [1.54, 1.807) is 35.1 Å². The van der Waals surface area contributed by atoms with Crippen LogP contribution >= 0.6 is 0 Å². The van der Waals surface area contributed by atoms with Crippen LogP contribution in [-0.4, -0.2) is 39.5 Å². The van der Waals surface area contributed by atoms with Crippen LogP contribution in [0.3, 0.4) is 0 Å². The molecular weight excluding hydrogens is 583 g/mol. The maximum Gasteiger partial charge on any atom is 0.416 e. The molecule has 0 saturated heterocycles. The van der Waals surface area contributed by atoms with Gasteiger partial charge in [-0.05, 0) is 67.1 Å². The normalized spacial score (nSPS) is 15.3. The van der Waals surface area contributed by atoms with Crippen LogP contribution in [0.15, 0.2) is 107 Å². The fourth-order valence-electron chi connectivity index (χ4n) is 5.58. The number of para-hydroxylation sites is 2. The molecule has 7 rings (SSSR count). The van der Waals surface area contributed by atoms with Crippen LogP contribution < -0.4 is 10.2 Å². The third-order valence-electron chi connectivity index (χ3n) is 7.60. The molecule has 1 atom stereocenters. The van der Waals surface area contributed by atoms with Crippen molar-refractivity contribution in [1.82, 2.24) is 14.8 Å². The number of esters is 1. The summed E-state index contributed by atoms with van der Waals surface area (Å²) in [4.78, 5) is 28.6. The first kappa shape index (κ1) is 28.0. The number of aromatic nitrogens is 3. The van der Waals surface area contributed by atoms with Crippen LogP contribution in [0, 0.1) is 6.92 Å². The minimum Gasteiger partial charge on any atom is -0.465 e. The van der Waals surface area contributed by atoms with Gasteiger partial charge < -0.3 is 15.0 Å². The van der Waals surface area contributed by atoms with E-state index in [0.29, 0.717) is 34.4 Å². The number of rotatable bonds is 4. The quantitative estimate of drug-likeness (QED) is 0.218. The Morgan fingerprint density at radius 2 is 1.71 bits per heavy atom. The topological polar surface area (TPSA) is 97.0 Å². The molecule has 0 radical (unpaired) electrons. The number of hydrogen-bond donors (Lipinski definition) is 1. The minimum atomic E-state index is -4.52. The first-order valence-electron chi connectivity index (χ1n) is 13.9. The Kier molecular flexibility index (Phi) is 6.69. The predicted molar refractivity (Wildman–Crippen MR) is 164 cm³/mol. The summed E-state index contributed by atoms with van der Waals surface area (Å²) in [5.74, 6) is 1.20. The summed E-state index contributed by atoms with van der Waals surface area (Å²) in [7, 11) is 1.32. The second-order valence-electron chi connectivity index (χ2n) is 10.4. The van der Waals surface area contributed by atoms with Gasteiger partial charge in [0.05, 0.1) is 41.3 Å². The summed E-state index contributed by atoms with van der Waals surface area (Å²) in [6, 6.07) is 24.4. The van der Waals surface area contributed by atoms with E-state index >= 15 is 0 Å². The molecule has 0 unspecified atom stereocenters. The Hall–Kier alpha value is -5.78. The number of methoxy groups -OCH3 is 1. The molecule has 2 aliphatic heterocycles. The van der Waals surface area contributed by atoms with Gasteiger partial charge in [-0.25, -0.2) is 19.8 Å². The molecular formula is C33H24F3N7O2. The molecule has 0 saturated carbocycles. The number of nitrogens with one attached hydrogen (secondary N) is 1. The lowest BCUT2D eigenvalue weighted by atomic mass is 9.92. The van der Waals surface area contributed by atoms with Crippen LogP contribution in [0.5, 0.6) is 0 Å². The first-order chi connectivity index (χ1) is 21.7. The Balaban J connectivity index is 1.45. The number of alkyl halides is 3. The van der Waals surface area contributed by atoms with Crippen LogP contribution in [0.2, 0.25) is 0 Å². The maximum atomic E-state index is 13.6. The summed E-state index contributed by atoms with van der Waals surface area (Å²) in [5, 5.41) is 7.92. The third-order valence-corrected chi connectivity index (χ3v) is 7.60. The van der Waals surface area contributed by atoms with Gasteiger partial charge >= 0.3 is 12.1 Å². The van der Waals surface area contributed by atoms with E-state index in [1.165, 1.54) is 13.2 Å². The SMILES string of the molecule is COC(=O)c1ccc([C@@H]2c3c(C)nn(-c4ccccn4)c3N=C3C(Nc4cccc(C(F)(F)F)c4)=Nc4ccccc4N32)cc1. The molecule has 2 aliphatic rings. The molecule has 0 amide bonds. The molecule has 12 heteroatoms. The molecule has 5 aromatic rings. The van der Waals surface area contributed by atoms with Gasteiger partial charge in [0.25, 0.3) is 0 Å². The van der Waals surface area contributed by atoms with Crippen molar-refractivity contribution in [2.24, 2.45) is 9.98 Å². The highest BCUT2D eigenvalue weighted by Gasteiger charge is 2.41. The van der Waals surface area contributed by atoms with Crippen LogP contribution in [0.25, 0.3) is 5.82 Å². The first-order valence-corrected chi connectivity index (χ1v) is 13.9. The van der Waals surface area contributed by atoms with Gasteiger partial charge in [0.2, 0.25) is 0 Å². The van der Waals surface area contributed by atoms with Crippen molar-refractivity contribution in [3.05, 3.63) is 125 Å². The summed E-state index contributed by atoms with van der Waals surface area (Å²) in [5.41, 5.74) is 3.45. The number of aryl methyl sites for hydroxylation is 1. The highest BCUT2D eigenvalue weighted by molar-refractivity contribution is 6.51. The van der Waals surface area contributed by atoms with E-state index < -0.39 is 23.8 Å². The highest BCUT2D eigenvalue weighted by atomic mass is 19.4. The molecule has 3 aromatic carbocycles. The number of carbonyl (C=O) groups is 1. The Morgan fingerprint density at radius 1 is 0.933 bits per heavy atom. The third kappa shape index (κ3) is 4.89. The zero-order valence-electron chi connectivity index (χ0n) is 23.9. The van der Waals surface area contributed by atoms with Crippen LogP contribution in [-0.2, 0) is 10.9 Å². The standard InChI is InChI=1S/C33H24F3N7O2/c1-19-27-28(20-13-15-21(16-14-20)32(44)45-2)42-25-11-4-3-10-24(25)39-29(38-23-9-7-8-22(18-23)33(34,35)36)31(42)40-30(27)43(41-19)26-12-5-6-17-37-26/h3-18,28H,1-2H3,(H,38,39)/t28-/m1/s1. The van der Waals surface area contributed by atoms with E-state index in [1.807, 2.05) is 60.4 Å². The average Bonchev–Trinajstić information content (AvgIpc) is 3.39. The van der Waals surface area contributed by atoms with Gasteiger partial charge in [0, 0.05) is 17.4 Å². The molecule has 224 valence electrons. The lowest BCUT2D eigenvalue weighted by molar-refractivity contribution is -0.137. The smallest absolute Gasteiger partial charge is 0.416 e. The molecule has 2 aromatic heterocycles. The number of ether oxygens (including phenoxy) is 1. The van der Waals surface area contributed by atoms with E-state index in [-0.39, 0.29) is 11.5 Å². The Morgan fingerprint density at radius 3 is 2.44 bits per heavy atom. The predicted octanol–water partition coefficient (Wildman–Crippen LogP) is 7.18. The Labute approximate surface area is 255 Å². The lowest BCUT2D eigenvalue weighted by Gasteiger charge is -2.40. The number of fused-ring (bicyclic) bond motifs is 4. The van der Waals surface area contributed by atoms with Crippen molar-refractivity contribution in [2.75, 3.05) is 17.3 Å². The van der Waals surface area contributed by atoms with Gasteiger partial charge in [-0.1, -0.05) is 36.4 Å². The fraction of sp³-hybridized carbons (Fsp3) is 0.121. The molecule has 9 nitrogen and oxygen atoms in total. The number of anilines is 2. The number of halogens is 3. The Bertz CT molecular complexity index is 2000. The van der Waals surface area contributed by atoms with Crippen LogP contribution in [0.1, 0.15) is 38.8 Å². The second-order valence-corrected chi connectivity index (χ2v) is 10.4. The van der Waals surface area contributed by atoms with Gasteiger partial charge in [0.1, 0.15) is 0 Å². The highest BCUT2D eigenvalue weighted by Crippen LogP contribution is 2.48. The van der Waals surface area contributed by atoms with Gasteiger partial charge in [0.15, 0.2) is 23.3 Å². The summed E-state index contributed by atoms with van der Waals surface area (Å²) in [6.45, 7) is 1.89. The molecule has 4 heterocycles. The minimum absolute atomic E-state index is 0.199. The van der Waals surface area contributed by atoms with Crippen molar-refractivity contribution < 1.29 is 22.7 Å². The molecule has 0 fully saturated rings. The number of carbonyl (C=O) groups excluding carboxylic acids is 1. The number of hydrogen-bond acceptors (Lipinski definition) is 8. The number of amidine groups is 2. The summed E-state index contributed by atoms with van der Waals surface area (Å²) in [6.07, 6.45) is -2.86. The molecule has 0 bridgehead atoms. The zero-order chi connectivity index (χ0) is 31.3. The average molecular weight is 608 g/mol. The monoisotopic (exact) mass is 607 g/mol. The largest absolute Gasteiger partial charge is 0.465 e. The van der Waals surface area contributed by atoms with E-state index in [9.17, 15) is 18.0 Å². The van der Waals surface area contributed by atoms with Crippen molar-refractivity contribution in [3.63, 3.8) is 0 Å². The molecule has 45 heavy (non-hydrogen) atoms. The summed E-state index contributed by atoms with van der Waals surface area (Å²) >= 11 is 0. The van der Waals surface area contributed by atoms with Gasteiger partial charge in [-0.2, -0.15) is 23.0 Å². The fourth-order valence-corrected chi connectivity index (χ4v) is 5.58. The maximum absolute atomic E-state index is 13.6. The molecule has 1 N–H and O–H groups in total. The number of pyridine rings is 1.